The van der Waals surface area contributed by atoms with E-state index in [-0.39, 0.29) is 37.0 Å². The lowest BCUT2D eigenvalue weighted by Crippen LogP contribution is -2.58. The molecule has 2 bridgehead atoms. The summed E-state index contributed by atoms with van der Waals surface area (Å²) < 4.78 is 12.2. The highest BCUT2D eigenvalue weighted by Crippen LogP contribution is 2.65. The maximum atomic E-state index is 14.4. The summed E-state index contributed by atoms with van der Waals surface area (Å²) in [6, 6.07) is -0.823. The van der Waals surface area contributed by atoms with Crippen LogP contribution in [-0.2, 0) is 23.9 Å². The lowest BCUT2D eigenvalue weighted by molar-refractivity contribution is -0.161. The Labute approximate surface area is 222 Å². The van der Waals surface area contributed by atoms with Gasteiger partial charge in [0, 0.05) is 25.7 Å². The molecular formula is C29H46N2O6. The van der Waals surface area contributed by atoms with Crippen molar-refractivity contribution >= 4 is 17.8 Å². The lowest BCUT2D eigenvalue weighted by atomic mass is 9.62. The number of rotatable bonds is 15. The van der Waals surface area contributed by atoms with Crippen LogP contribution in [0.3, 0.4) is 0 Å². The summed E-state index contributed by atoms with van der Waals surface area (Å²) in [7, 11) is 0. The van der Waals surface area contributed by atoms with Crippen molar-refractivity contribution < 1.29 is 29.0 Å². The zero-order valence-electron chi connectivity index (χ0n) is 23.1. The van der Waals surface area contributed by atoms with Crippen LogP contribution in [-0.4, -0.2) is 82.3 Å². The first-order chi connectivity index (χ1) is 17.6. The third-order valence-electron chi connectivity index (χ3n) is 8.80. The Balaban J connectivity index is 2.03. The van der Waals surface area contributed by atoms with E-state index >= 15 is 0 Å². The number of carbonyl (C=O) groups is 3. The highest BCUT2D eigenvalue weighted by atomic mass is 16.6. The fourth-order valence-corrected chi connectivity index (χ4v) is 6.95. The molecule has 3 heterocycles. The molecule has 208 valence electrons. The quantitative estimate of drug-likeness (QED) is 0.203. The Hall–Kier alpha value is -2.19. The number of likely N-dealkylation sites (tertiary alicyclic amines) is 1. The fourth-order valence-electron chi connectivity index (χ4n) is 6.95. The number of hydrogen-bond acceptors (Lipinski definition) is 6. The molecule has 2 amide bonds. The summed E-state index contributed by atoms with van der Waals surface area (Å²) in [5.41, 5.74) is -1.96. The van der Waals surface area contributed by atoms with E-state index < -0.39 is 35.0 Å². The first-order valence-corrected chi connectivity index (χ1v) is 13.9. The molecule has 0 aromatic heterocycles. The van der Waals surface area contributed by atoms with Gasteiger partial charge in [-0.1, -0.05) is 51.8 Å². The third kappa shape index (κ3) is 5.11. The Morgan fingerprint density at radius 2 is 1.97 bits per heavy atom. The molecule has 3 saturated heterocycles. The van der Waals surface area contributed by atoms with Crippen LogP contribution >= 0.6 is 0 Å². The van der Waals surface area contributed by atoms with Gasteiger partial charge in [0.15, 0.2) is 0 Å². The van der Waals surface area contributed by atoms with Crippen molar-refractivity contribution in [1.82, 2.24) is 9.80 Å². The molecule has 37 heavy (non-hydrogen) atoms. The van der Waals surface area contributed by atoms with E-state index in [2.05, 4.69) is 20.1 Å². The minimum absolute atomic E-state index is 0.0209. The fraction of sp³-hybridized carbons (Fsp3) is 0.759. The van der Waals surface area contributed by atoms with E-state index in [9.17, 15) is 14.4 Å². The first-order valence-electron chi connectivity index (χ1n) is 13.9. The van der Waals surface area contributed by atoms with Gasteiger partial charge in [-0.2, -0.15) is 0 Å². The zero-order valence-corrected chi connectivity index (χ0v) is 23.1. The van der Waals surface area contributed by atoms with Crippen LogP contribution in [0.2, 0.25) is 0 Å². The van der Waals surface area contributed by atoms with Crippen molar-refractivity contribution in [3.8, 4) is 0 Å². The highest BCUT2D eigenvalue weighted by molar-refractivity contribution is 5.98. The standard InChI is InChI=1S/C29H46N2O6/c1-7-14-21(5)30(15-8-2)26(34)24-29-19-20(4)28(6,37-29)23(27(35)36-18-9-3)22(29)25(33)31(24)16-12-10-11-13-17-32/h8-9,20-24,32H,2-3,7,10-19H2,1,4-6H3/t20?,21?,22-,23-,24?,28+,29?/m0/s1. The smallest absolute Gasteiger partial charge is 0.313 e. The van der Waals surface area contributed by atoms with Gasteiger partial charge in [0.1, 0.15) is 24.2 Å². The number of aliphatic hydroxyl groups excluding tert-OH is 1. The molecule has 1 spiro atoms. The van der Waals surface area contributed by atoms with E-state index in [0.29, 0.717) is 32.4 Å². The average Bonchev–Trinajstić information content (AvgIpc) is 3.37. The highest BCUT2D eigenvalue weighted by Gasteiger charge is 2.80. The number of aliphatic hydroxyl groups is 1. The van der Waals surface area contributed by atoms with Crippen molar-refractivity contribution in [2.75, 3.05) is 26.3 Å². The van der Waals surface area contributed by atoms with Gasteiger partial charge in [-0.3, -0.25) is 14.4 Å². The summed E-state index contributed by atoms with van der Waals surface area (Å²) in [4.78, 5) is 45.3. The van der Waals surface area contributed by atoms with Crippen LogP contribution in [0.5, 0.6) is 0 Å². The monoisotopic (exact) mass is 518 g/mol. The molecule has 0 saturated carbocycles. The molecule has 3 fully saturated rings. The van der Waals surface area contributed by atoms with Crippen LogP contribution in [0.25, 0.3) is 0 Å². The molecular weight excluding hydrogens is 472 g/mol. The van der Waals surface area contributed by atoms with Gasteiger partial charge in [-0.25, -0.2) is 0 Å². The van der Waals surface area contributed by atoms with Gasteiger partial charge in [-0.05, 0) is 45.4 Å². The van der Waals surface area contributed by atoms with E-state index in [1.807, 2.05) is 25.7 Å². The average molecular weight is 519 g/mol. The maximum absolute atomic E-state index is 14.4. The van der Waals surface area contributed by atoms with Crippen molar-refractivity contribution in [1.29, 1.82) is 0 Å². The van der Waals surface area contributed by atoms with Crippen LogP contribution in [0, 0.1) is 17.8 Å². The summed E-state index contributed by atoms with van der Waals surface area (Å²) in [6.45, 7) is 16.5. The molecule has 3 rings (SSSR count). The number of nitrogens with zero attached hydrogens (tertiary/aromatic N) is 2. The van der Waals surface area contributed by atoms with Gasteiger partial charge in [0.25, 0.3) is 0 Å². The summed E-state index contributed by atoms with van der Waals surface area (Å²) in [5, 5.41) is 9.12. The number of fused-ring (bicyclic) bond motifs is 1. The molecule has 8 heteroatoms. The van der Waals surface area contributed by atoms with E-state index in [0.717, 1.165) is 25.7 Å². The Morgan fingerprint density at radius 3 is 2.59 bits per heavy atom. The molecule has 4 unspecified atom stereocenters. The normalized spacial score (nSPS) is 32.8. The van der Waals surface area contributed by atoms with Crippen molar-refractivity contribution in [3.05, 3.63) is 25.3 Å². The van der Waals surface area contributed by atoms with Gasteiger partial charge >= 0.3 is 5.97 Å². The number of esters is 1. The molecule has 8 nitrogen and oxygen atoms in total. The first kappa shape index (κ1) is 29.4. The second-order valence-corrected chi connectivity index (χ2v) is 11.2. The summed E-state index contributed by atoms with van der Waals surface area (Å²) in [6.07, 6.45) is 8.64. The van der Waals surface area contributed by atoms with E-state index in [1.54, 1.807) is 11.0 Å². The molecule has 3 aliphatic heterocycles. The minimum Gasteiger partial charge on any atom is -0.461 e. The van der Waals surface area contributed by atoms with Crippen molar-refractivity contribution in [3.63, 3.8) is 0 Å². The number of amides is 2. The Morgan fingerprint density at radius 1 is 1.27 bits per heavy atom. The van der Waals surface area contributed by atoms with Crippen molar-refractivity contribution in [2.24, 2.45) is 17.8 Å². The molecule has 0 aromatic rings. The van der Waals surface area contributed by atoms with Crippen LogP contribution in [0.15, 0.2) is 25.3 Å². The molecule has 7 atom stereocenters. The molecule has 3 aliphatic rings. The second-order valence-electron chi connectivity index (χ2n) is 11.2. The Bertz CT molecular complexity index is 876. The zero-order chi connectivity index (χ0) is 27.4. The number of carbonyl (C=O) groups excluding carboxylic acids is 3. The van der Waals surface area contributed by atoms with Crippen LogP contribution in [0.4, 0.5) is 0 Å². The number of hydrogen-bond donors (Lipinski definition) is 1. The SMILES string of the molecule is C=CCOC(=O)[C@@H]1[C@H]2C(=O)N(CCCCCCO)C(C(=O)N(CC=C)C(C)CCC)C23CC(C)[C@@]1(C)O3. The lowest BCUT2D eigenvalue weighted by Gasteiger charge is -2.39. The van der Waals surface area contributed by atoms with E-state index in [4.69, 9.17) is 14.6 Å². The number of ether oxygens (including phenoxy) is 2. The largest absolute Gasteiger partial charge is 0.461 e. The predicted molar refractivity (Wildman–Crippen MR) is 141 cm³/mol. The topological polar surface area (TPSA) is 96.4 Å². The Kier molecular flexibility index (Phi) is 9.62. The van der Waals surface area contributed by atoms with Gasteiger partial charge in [0.2, 0.25) is 11.8 Å². The third-order valence-corrected chi connectivity index (χ3v) is 8.80. The predicted octanol–water partition coefficient (Wildman–Crippen LogP) is 3.48. The molecule has 1 N–H and O–H groups in total. The second kappa shape index (κ2) is 12.1. The minimum atomic E-state index is -1.07. The van der Waals surface area contributed by atoms with Crippen LogP contribution in [0.1, 0.15) is 72.6 Å². The van der Waals surface area contributed by atoms with E-state index in [1.165, 1.54) is 6.08 Å². The summed E-state index contributed by atoms with van der Waals surface area (Å²) >= 11 is 0. The molecule has 0 radical (unpaired) electrons. The summed E-state index contributed by atoms with van der Waals surface area (Å²) in [5.74, 6) is -2.36. The molecule has 0 aromatic carbocycles. The molecule has 0 aliphatic carbocycles. The van der Waals surface area contributed by atoms with Gasteiger partial charge < -0.3 is 24.4 Å². The number of unbranched alkanes of at least 4 members (excludes halogenated alkanes) is 3. The van der Waals surface area contributed by atoms with Gasteiger partial charge in [-0.15, -0.1) is 6.58 Å². The van der Waals surface area contributed by atoms with Crippen molar-refractivity contribution in [2.45, 2.75) is 95.9 Å². The maximum Gasteiger partial charge on any atom is 0.313 e. The van der Waals surface area contributed by atoms with Gasteiger partial charge in [0.05, 0.1) is 11.5 Å². The van der Waals surface area contributed by atoms with Crippen LogP contribution < -0.4 is 0 Å².